The fourth-order valence-electron chi connectivity index (χ4n) is 2.65. The van der Waals surface area contributed by atoms with Crippen molar-refractivity contribution in [2.24, 2.45) is 11.7 Å². The Bertz CT molecular complexity index is 560. The lowest BCUT2D eigenvalue weighted by Crippen LogP contribution is -2.19. The van der Waals surface area contributed by atoms with Gasteiger partial charge in [-0.3, -0.25) is 0 Å². The van der Waals surface area contributed by atoms with Gasteiger partial charge in [0.25, 0.3) is 0 Å². The second-order valence-corrected chi connectivity index (χ2v) is 5.38. The van der Waals surface area contributed by atoms with Gasteiger partial charge in [0.1, 0.15) is 11.3 Å². The van der Waals surface area contributed by atoms with Crippen LogP contribution in [0.15, 0.2) is 18.2 Å². The van der Waals surface area contributed by atoms with Crippen LogP contribution >= 0.6 is 0 Å². The van der Waals surface area contributed by atoms with E-state index in [0.29, 0.717) is 18.0 Å². The zero-order valence-corrected chi connectivity index (χ0v) is 11.9. The number of nitrogens with zero attached hydrogens (tertiary/aromatic N) is 2. The molecule has 0 aliphatic rings. The molecule has 3 nitrogen and oxygen atoms in total. The molecule has 2 N–H and O–H groups in total. The summed E-state index contributed by atoms with van der Waals surface area (Å²) in [6.45, 7) is 7.72. The molecule has 1 unspecified atom stereocenters. The standard InChI is InChI=1S/C15H22FN3/c1-4-19-13-7-5-6-12(16)14(13)18-15(19)11(9-17)8-10(2)3/h5-7,10-11H,4,8-9,17H2,1-3H3. The van der Waals surface area contributed by atoms with Crippen LogP contribution in [0.5, 0.6) is 0 Å². The summed E-state index contributed by atoms with van der Waals surface area (Å²) in [5.74, 6) is 1.39. The lowest BCUT2D eigenvalue weighted by atomic mass is 9.96. The van der Waals surface area contributed by atoms with Crippen LogP contribution in [0, 0.1) is 11.7 Å². The highest BCUT2D eigenvalue weighted by Crippen LogP contribution is 2.27. The third-order valence-electron chi connectivity index (χ3n) is 3.48. The number of rotatable bonds is 5. The van der Waals surface area contributed by atoms with Gasteiger partial charge in [-0.25, -0.2) is 9.37 Å². The lowest BCUT2D eigenvalue weighted by Gasteiger charge is -2.18. The minimum absolute atomic E-state index is 0.187. The van der Waals surface area contributed by atoms with Crippen LogP contribution in [0.4, 0.5) is 4.39 Å². The molecule has 0 aliphatic carbocycles. The molecule has 1 atom stereocenters. The molecule has 0 radical (unpaired) electrons. The van der Waals surface area contributed by atoms with Crippen LogP contribution in [-0.4, -0.2) is 16.1 Å². The summed E-state index contributed by atoms with van der Waals surface area (Å²) >= 11 is 0. The molecule has 0 amide bonds. The summed E-state index contributed by atoms with van der Waals surface area (Å²) in [7, 11) is 0. The molecule has 1 aromatic heterocycles. The highest BCUT2D eigenvalue weighted by Gasteiger charge is 2.20. The summed E-state index contributed by atoms with van der Waals surface area (Å²) in [4.78, 5) is 4.52. The average Bonchev–Trinajstić information content (AvgIpc) is 2.75. The van der Waals surface area contributed by atoms with E-state index in [0.717, 1.165) is 24.3 Å². The number of imidazole rings is 1. The molecule has 2 aromatic rings. The summed E-state index contributed by atoms with van der Waals surface area (Å²) in [5, 5.41) is 0. The van der Waals surface area contributed by atoms with E-state index in [4.69, 9.17) is 5.73 Å². The molecule has 4 heteroatoms. The van der Waals surface area contributed by atoms with Gasteiger partial charge in [-0.05, 0) is 31.4 Å². The van der Waals surface area contributed by atoms with Gasteiger partial charge in [0.15, 0.2) is 5.82 Å². The fraction of sp³-hybridized carbons (Fsp3) is 0.533. The zero-order chi connectivity index (χ0) is 14.0. The molecule has 0 fully saturated rings. The van der Waals surface area contributed by atoms with E-state index >= 15 is 0 Å². The van der Waals surface area contributed by atoms with Gasteiger partial charge in [0.2, 0.25) is 0 Å². The number of hydrogen-bond acceptors (Lipinski definition) is 2. The van der Waals surface area contributed by atoms with Crippen molar-refractivity contribution in [1.82, 2.24) is 9.55 Å². The average molecular weight is 263 g/mol. The Hall–Kier alpha value is -1.42. The van der Waals surface area contributed by atoms with Crippen LogP contribution in [-0.2, 0) is 6.54 Å². The summed E-state index contributed by atoms with van der Waals surface area (Å²) in [6.07, 6.45) is 0.974. The van der Waals surface area contributed by atoms with Crippen molar-refractivity contribution in [2.75, 3.05) is 6.54 Å². The van der Waals surface area contributed by atoms with Crippen LogP contribution in [0.25, 0.3) is 11.0 Å². The highest BCUT2D eigenvalue weighted by atomic mass is 19.1. The number of benzene rings is 1. The lowest BCUT2D eigenvalue weighted by molar-refractivity contribution is 0.474. The second-order valence-electron chi connectivity index (χ2n) is 5.38. The molecule has 19 heavy (non-hydrogen) atoms. The van der Waals surface area contributed by atoms with Crippen LogP contribution in [0.2, 0.25) is 0 Å². The molecule has 0 spiro atoms. The maximum atomic E-state index is 13.8. The van der Waals surface area contributed by atoms with Crippen molar-refractivity contribution in [1.29, 1.82) is 0 Å². The largest absolute Gasteiger partial charge is 0.330 e. The summed E-state index contributed by atoms with van der Waals surface area (Å²) in [5.41, 5.74) is 7.21. The first-order valence-corrected chi connectivity index (χ1v) is 6.93. The molecule has 2 rings (SSSR count). The Morgan fingerprint density at radius 3 is 2.68 bits per heavy atom. The van der Waals surface area contributed by atoms with Gasteiger partial charge in [-0.15, -0.1) is 0 Å². The van der Waals surface area contributed by atoms with Crippen LogP contribution < -0.4 is 5.73 Å². The van der Waals surface area contributed by atoms with Crippen molar-refractivity contribution in [3.8, 4) is 0 Å². The first-order valence-electron chi connectivity index (χ1n) is 6.93. The van der Waals surface area contributed by atoms with E-state index < -0.39 is 0 Å². The number of nitrogens with two attached hydrogens (primary N) is 1. The SMILES string of the molecule is CCn1c(C(CN)CC(C)C)nc2c(F)cccc21. The van der Waals surface area contributed by atoms with E-state index in [2.05, 4.69) is 30.3 Å². The molecule has 1 heterocycles. The van der Waals surface area contributed by atoms with E-state index in [-0.39, 0.29) is 11.7 Å². The number of hydrogen-bond donors (Lipinski definition) is 1. The number of fused-ring (bicyclic) bond motifs is 1. The van der Waals surface area contributed by atoms with Gasteiger partial charge in [0, 0.05) is 19.0 Å². The number of aryl methyl sites for hydroxylation is 1. The predicted molar refractivity (Wildman–Crippen MR) is 76.6 cm³/mol. The Morgan fingerprint density at radius 1 is 1.37 bits per heavy atom. The van der Waals surface area contributed by atoms with Crippen molar-refractivity contribution < 1.29 is 4.39 Å². The predicted octanol–water partition coefficient (Wildman–Crippen LogP) is 3.28. The van der Waals surface area contributed by atoms with Crippen molar-refractivity contribution in [2.45, 2.75) is 39.7 Å². The first-order chi connectivity index (χ1) is 9.08. The van der Waals surface area contributed by atoms with Crippen molar-refractivity contribution in [3.05, 3.63) is 29.8 Å². The molecule has 1 aromatic carbocycles. The van der Waals surface area contributed by atoms with E-state index in [9.17, 15) is 4.39 Å². The van der Waals surface area contributed by atoms with Crippen LogP contribution in [0.1, 0.15) is 38.9 Å². The Kier molecular flexibility index (Phi) is 4.20. The number of halogens is 1. The molecule has 104 valence electrons. The molecule has 0 bridgehead atoms. The fourth-order valence-corrected chi connectivity index (χ4v) is 2.65. The maximum absolute atomic E-state index is 13.8. The first kappa shape index (κ1) is 14.0. The van der Waals surface area contributed by atoms with E-state index in [1.165, 1.54) is 6.07 Å². The molecule has 0 aliphatic heterocycles. The molecular formula is C15H22FN3. The summed E-state index contributed by atoms with van der Waals surface area (Å²) in [6, 6.07) is 5.11. The van der Waals surface area contributed by atoms with Gasteiger partial charge in [-0.1, -0.05) is 19.9 Å². The van der Waals surface area contributed by atoms with Crippen molar-refractivity contribution >= 4 is 11.0 Å². The maximum Gasteiger partial charge on any atom is 0.151 e. The Labute approximate surface area is 113 Å². The molecule has 0 saturated carbocycles. The normalized spacial score (nSPS) is 13.4. The Morgan fingerprint density at radius 2 is 2.11 bits per heavy atom. The third kappa shape index (κ3) is 2.63. The second kappa shape index (κ2) is 5.70. The monoisotopic (exact) mass is 263 g/mol. The molecular weight excluding hydrogens is 241 g/mol. The summed E-state index contributed by atoms with van der Waals surface area (Å²) < 4.78 is 15.9. The topological polar surface area (TPSA) is 43.8 Å². The number of aromatic nitrogens is 2. The van der Waals surface area contributed by atoms with E-state index in [1.807, 2.05) is 6.07 Å². The number of para-hydroxylation sites is 1. The smallest absolute Gasteiger partial charge is 0.151 e. The van der Waals surface area contributed by atoms with Gasteiger partial charge in [-0.2, -0.15) is 0 Å². The van der Waals surface area contributed by atoms with Gasteiger partial charge in [0.05, 0.1) is 5.52 Å². The third-order valence-corrected chi connectivity index (χ3v) is 3.48. The van der Waals surface area contributed by atoms with Crippen LogP contribution in [0.3, 0.4) is 0 Å². The van der Waals surface area contributed by atoms with E-state index in [1.54, 1.807) is 6.07 Å². The quantitative estimate of drug-likeness (QED) is 0.899. The highest BCUT2D eigenvalue weighted by molar-refractivity contribution is 5.76. The zero-order valence-electron chi connectivity index (χ0n) is 11.9. The Balaban J connectivity index is 2.55. The van der Waals surface area contributed by atoms with Gasteiger partial charge >= 0.3 is 0 Å². The minimum atomic E-state index is -0.258. The minimum Gasteiger partial charge on any atom is -0.330 e. The molecule has 0 saturated heterocycles. The van der Waals surface area contributed by atoms with Crippen molar-refractivity contribution in [3.63, 3.8) is 0 Å². The van der Waals surface area contributed by atoms with Gasteiger partial charge < -0.3 is 10.3 Å².